The average molecular weight is 404 g/mol. The molecule has 6 nitrogen and oxygen atoms in total. The van der Waals surface area contributed by atoms with Crippen molar-refractivity contribution in [3.63, 3.8) is 0 Å². The summed E-state index contributed by atoms with van der Waals surface area (Å²) in [5, 5.41) is 9.66. The van der Waals surface area contributed by atoms with Crippen LogP contribution in [0.25, 0.3) is 0 Å². The minimum absolute atomic E-state index is 0.00715. The Kier molecular flexibility index (Phi) is 12.0. The first-order chi connectivity index (χ1) is 13.9. The number of unbranched alkanes of at least 4 members (excludes halogenated alkanes) is 1. The first-order valence-corrected chi connectivity index (χ1v) is 11.0. The fourth-order valence-electron chi connectivity index (χ4n) is 3.24. The van der Waals surface area contributed by atoms with Crippen molar-refractivity contribution in [2.45, 2.75) is 72.5 Å². The number of guanidine groups is 1. The Labute approximate surface area is 177 Å². The molecule has 0 unspecified atom stereocenters. The van der Waals surface area contributed by atoms with Gasteiger partial charge in [0.05, 0.1) is 0 Å². The zero-order valence-corrected chi connectivity index (χ0v) is 19.2. The third kappa shape index (κ3) is 9.79. The highest BCUT2D eigenvalue weighted by atomic mass is 16.1. The average Bonchev–Trinajstić information content (AvgIpc) is 2.70. The summed E-state index contributed by atoms with van der Waals surface area (Å²) in [6.45, 7) is 14.4. The lowest BCUT2D eigenvalue weighted by atomic mass is 10.1. The van der Waals surface area contributed by atoms with Crippen LogP contribution >= 0.6 is 0 Å². The first-order valence-electron chi connectivity index (χ1n) is 11.0. The van der Waals surface area contributed by atoms with Crippen LogP contribution in [0, 0.1) is 0 Å². The van der Waals surface area contributed by atoms with Crippen molar-refractivity contribution in [3.05, 3.63) is 35.4 Å². The monoisotopic (exact) mass is 403 g/mol. The van der Waals surface area contributed by atoms with Gasteiger partial charge in [-0.3, -0.25) is 14.7 Å². The summed E-state index contributed by atoms with van der Waals surface area (Å²) in [4.78, 5) is 18.9. The van der Waals surface area contributed by atoms with Crippen molar-refractivity contribution in [2.24, 2.45) is 4.99 Å². The molecular weight excluding hydrogens is 362 g/mol. The van der Waals surface area contributed by atoms with E-state index < -0.39 is 0 Å². The lowest BCUT2D eigenvalue weighted by Crippen LogP contribution is -2.41. The van der Waals surface area contributed by atoms with E-state index in [4.69, 9.17) is 0 Å². The molecule has 0 spiro atoms. The number of carbonyl (C=O) groups excluding carboxylic acids is 1. The van der Waals surface area contributed by atoms with E-state index in [1.165, 1.54) is 0 Å². The van der Waals surface area contributed by atoms with Crippen molar-refractivity contribution in [2.75, 3.05) is 26.7 Å². The lowest BCUT2D eigenvalue weighted by molar-refractivity contribution is 0.0953. The van der Waals surface area contributed by atoms with Gasteiger partial charge in [-0.25, -0.2) is 0 Å². The molecular formula is C23H41N5O. The predicted molar refractivity (Wildman–Crippen MR) is 123 cm³/mol. The van der Waals surface area contributed by atoms with Crippen molar-refractivity contribution in [1.82, 2.24) is 20.9 Å². The Morgan fingerprint density at radius 2 is 1.59 bits per heavy atom. The summed E-state index contributed by atoms with van der Waals surface area (Å²) >= 11 is 0. The molecule has 0 saturated carbocycles. The zero-order valence-electron chi connectivity index (χ0n) is 19.2. The van der Waals surface area contributed by atoms with E-state index in [9.17, 15) is 4.79 Å². The molecule has 0 radical (unpaired) electrons. The summed E-state index contributed by atoms with van der Waals surface area (Å²) in [5.74, 6) is 0.791. The van der Waals surface area contributed by atoms with Crippen molar-refractivity contribution in [3.8, 4) is 0 Å². The molecule has 29 heavy (non-hydrogen) atoms. The highest BCUT2D eigenvalue weighted by molar-refractivity contribution is 5.94. The smallest absolute Gasteiger partial charge is 0.251 e. The molecule has 0 fully saturated rings. The maximum absolute atomic E-state index is 12.1. The van der Waals surface area contributed by atoms with Gasteiger partial charge in [0.2, 0.25) is 0 Å². The fourth-order valence-corrected chi connectivity index (χ4v) is 3.24. The Bertz CT molecular complexity index is 602. The number of rotatable bonds is 12. The molecule has 1 rings (SSSR count). The van der Waals surface area contributed by atoms with Crippen LogP contribution < -0.4 is 16.0 Å². The molecule has 1 amide bonds. The normalized spacial score (nSPS) is 12.0. The Balaban J connectivity index is 2.38. The topological polar surface area (TPSA) is 68.8 Å². The molecule has 0 bridgehead atoms. The minimum Gasteiger partial charge on any atom is -0.356 e. The second-order valence-electron chi connectivity index (χ2n) is 7.94. The van der Waals surface area contributed by atoms with Gasteiger partial charge >= 0.3 is 0 Å². The molecule has 1 aromatic carbocycles. The van der Waals surface area contributed by atoms with E-state index in [1.54, 1.807) is 7.05 Å². The summed E-state index contributed by atoms with van der Waals surface area (Å²) < 4.78 is 0. The molecule has 0 saturated heterocycles. The number of nitrogens with one attached hydrogen (secondary N) is 3. The maximum Gasteiger partial charge on any atom is 0.251 e. The summed E-state index contributed by atoms with van der Waals surface area (Å²) in [7, 11) is 1.79. The van der Waals surface area contributed by atoms with E-state index in [0.29, 0.717) is 24.2 Å². The number of carbonyl (C=O) groups is 1. The molecule has 0 aliphatic carbocycles. The Hall–Kier alpha value is -2.08. The third-order valence-electron chi connectivity index (χ3n) is 4.93. The molecule has 164 valence electrons. The van der Waals surface area contributed by atoms with Gasteiger partial charge in [0.1, 0.15) is 0 Å². The quantitative estimate of drug-likeness (QED) is 0.284. The first kappa shape index (κ1) is 25.0. The van der Waals surface area contributed by atoms with Crippen LogP contribution in [0.15, 0.2) is 29.3 Å². The molecule has 0 aromatic heterocycles. The van der Waals surface area contributed by atoms with Crippen LogP contribution in [0.5, 0.6) is 0 Å². The SMILES string of the molecule is CCCCNC(=O)c1ccc(CNC(=NC)NCCCN(C(C)C)C(C)C)cc1. The number of hydrogen-bond acceptors (Lipinski definition) is 3. The van der Waals surface area contributed by atoms with Gasteiger partial charge in [-0.15, -0.1) is 0 Å². The molecule has 1 aromatic rings. The second kappa shape index (κ2) is 14.0. The van der Waals surface area contributed by atoms with Crippen LogP contribution in [0.4, 0.5) is 0 Å². The lowest BCUT2D eigenvalue weighted by Gasteiger charge is -2.30. The van der Waals surface area contributed by atoms with Gasteiger partial charge in [0.25, 0.3) is 5.91 Å². The maximum atomic E-state index is 12.1. The number of aliphatic imine (C=N–C) groups is 1. The number of benzene rings is 1. The van der Waals surface area contributed by atoms with E-state index in [2.05, 4.69) is 60.5 Å². The van der Waals surface area contributed by atoms with E-state index in [0.717, 1.165) is 50.4 Å². The van der Waals surface area contributed by atoms with Gasteiger partial charge in [0.15, 0.2) is 5.96 Å². The Morgan fingerprint density at radius 1 is 0.966 bits per heavy atom. The number of amides is 1. The van der Waals surface area contributed by atoms with Crippen LogP contribution in [0.2, 0.25) is 0 Å². The van der Waals surface area contributed by atoms with Crippen molar-refractivity contribution < 1.29 is 4.79 Å². The molecule has 0 atom stereocenters. The van der Waals surface area contributed by atoms with Gasteiger partial charge in [-0.1, -0.05) is 25.5 Å². The summed E-state index contributed by atoms with van der Waals surface area (Å²) in [6.07, 6.45) is 3.15. The molecule has 3 N–H and O–H groups in total. The fraction of sp³-hybridized carbons (Fsp3) is 0.652. The minimum atomic E-state index is -0.00715. The van der Waals surface area contributed by atoms with Gasteiger partial charge in [-0.05, 0) is 58.2 Å². The number of hydrogen-bond donors (Lipinski definition) is 3. The third-order valence-corrected chi connectivity index (χ3v) is 4.93. The Morgan fingerprint density at radius 3 is 2.14 bits per heavy atom. The standard InChI is InChI=1S/C23H41N5O/c1-7-8-14-25-22(29)21-12-10-20(11-13-21)17-27-23(24-6)26-15-9-16-28(18(2)3)19(4)5/h10-13,18-19H,7-9,14-17H2,1-6H3,(H,25,29)(H2,24,26,27). The highest BCUT2D eigenvalue weighted by Crippen LogP contribution is 2.06. The van der Waals surface area contributed by atoms with E-state index >= 15 is 0 Å². The number of nitrogens with zero attached hydrogens (tertiary/aromatic N) is 2. The highest BCUT2D eigenvalue weighted by Gasteiger charge is 2.12. The van der Waals surface area contributed by atoms with Crippen molar-refractivity contribution >= 4 is 11.9 Å². The summed E-state index contributed by atoms with van der Waals surface area (Å²) in [5.41, 5.74) is 1.82. The van der Waals surface area contributed by atoms with E-state index in [1.807, 2.05) is 24.3 Å². The van der Waals surface area contributed by atoms with Gasteiger partial charge in [0, 0.05) is 50.9 Å². The summed E-state index contributed by atoms with van der Waals surface area (Å²) in [6, 6.07) is 8.84. The second-order valence-corrected chi connectivity index (χ2v) is 7.94. The van der Waals surface area contributed by atoms with Crippen LogP contribution in [-0.2, 0) is 6.54 Å². The predicted octanol–water partition coefficient (Wildman–Crippen LogP) is 3.39. The molecule has 0 aliphatic heterocycles. The van der Waals surface area contributed by atoms with Crippen LogP contribution in [-0.4, -0.2) is 55.5 Å². The zero-order chi connectivity index (χ0) is 21.6. The molecule has 0 aliphatic rings. The van der Waals surface area contributed by atoms with Crippen molar-refractivity contribution in [1.29, 1.82) is 0 Å². The van der Waals surface area contributed by atoms with E-state index in [-0.39, 0.29) is 5.91 Å². The van der Waals surface area contributed by atoms with Crippen LogP contribution in [0.1, 0.15) is 69.8 Å². The van der Waals surface area contributed by atoms with Crippen LogP contribution in [0.3, 0.4) is 0 Å². The molecule has 6 heteroatoms. The van der Waals surface area contributed by atoms with Gasteiger partial charge < -0.3 is 16.0 Å². The largest absolute Gasteiger partial charge is 0.356 e. The van der Waals surface area contributed by atoms with Gasteiger partial charge in [-0.2, -0.15) is 0 Å². The molecule has 0 heterocycles.